The summed E-state index contributed by atoms with van der Waals surface area (Å²) in [4.78, 5) is 2.58. The van der Waals surface area contributed by atoms with Gasteiger partial charge >= 0.3 is 0 Å². The standard InChI is InChI=1S/C26H31NO/c1-3-9-22(10-4-1)11-5-8-18-28-26-15-14-24-19-23(12-13-25(24)20-26)21-27-16-6-2-7-17-27/h1,3-4,9-10,12-15,19-20H,2,5-8,11,16-18,21H2. The second-order valence-electron chi connectivity index (χ2n) is 7.97. The highest BCUT2D eigenvalue weighted by Crippen LogP contribution is 2.23. The Morgan fingerprint density at radius 3 is 2.36 bits per heavy atom. The first kappa shape index (κ1) is 19.0. The van der Waals surface area contributed by atoms with Crippen LogP contribution >= 0.6 is 0 Å². The first-order chi connectivity index (χ1) is 13.9. The molecule has 0 aromatic heterocycles. The average molecular weight is 374 g/mol. The molecule has 1 aliphatic heterocycles. The van der Waals surface area contributed by atoms with Crippen molar-refractivity contribution in [2.75, 3.05) is 19.7 Å². The third-order valence-corrected chi connectivity index (χ3v) is 5.70. The predicted molar refractivity (Wildman–Crippen MR) is 118 cm³/mol. The lowest BCUT2D eigenvalue weighted by Gasteiger charge is -2.26. The number of aryl methyl sites for hydroxylation is 1. The molecule has 1 heterocycles. The van der Waals surface area contributed by atoms with Gasteiger partial charge in [0.15, 0.2) is 0 Å². The molecular weight excluding hydrogens is 342 g/mol. The summed E-state index contributed by atoms with van der Waals surface area (Å²) in [6.45, 7) is 4.35. The minimum atomic E-state index is 0.783. The highest BCUT2D eigenvalue weighted by molar-refractivity contribution is 5.84. The summed E-state index contributed by atoms with van der Waals surface area (Å²) in [6, 6.07) is 24.1. The second-order valence-corrected chi connectivity index (χ2v) is 7.97. The maximum atomic E-state index is 6.00. The molecule has 1 fully saturated rings. The Morgan fingerprint density at radius 2 is 1.50 bits per heavy atom. The van der Waals surface area contributed by atoms with E-state index < -0.39 is 0 Å². The van der Waals surface area contributed by atoms with Crippen molar-refractivity contribution in [3.8, 4) is 5.75 Å². The minimum Gasteiger partial charge on any atom is -0.494 e. The van der Waals surface area contributed by atoms with Gasteiger partial charge < -0.3 is 4.74 Å². The first-order valence-corrected chi connectivity index (χ1v) is 10.8. The van der Waals surface area contributed by atoms with E-state index in [9.17, 15) is 0 Å². The summed E-state index contributed by atoms with van der Waals surface area (Å²) in [5, 5.41) is 2.58. The molecule has 1 saturated heterocycles. The molecule has 0 aliphatic carbocycles. The predicted octanol–water partition coefficient (Wildman–Crippen LogP) is 6.23. The zero-order valence-corrected chi connectivity index (χ0v) is 16.8. The van der Waals surface area contributed by atoms with Crippen LogP contribution in [0.15, 0.2) is 66.7 Å². The number of rotatable bonds is 8. The lowest BCUT2D eigenvalue weighted by atomic mass is 10.0. The smallest absolute Gasteiger partial charge is 0.119 e. The summed E-state index contributed by atoms with van der Waals surface area (Å²) >= 11 is 0. The monoisotopic (exact) mass is 373 g/mol. The molecule has 28 heavy (non-hydrogen) atoms. The Bertz CT molecular complexity index is 868. The Kier molecular flexibility index (Phi) is 6.62. The molecule has 3 aromatic carbocycles. The van der Waals surface area contributed by atoms with Crippen LogP contribution in [0, 0.1) is 0 Å². The van der Waals surface area contributed by atoms with Crippen LogP contribution in [-0.2, 0) is 13.0 Å². The van der Waals surface area contributed by atoms with Crippen molar-refractivity contribution >= 4 is 10.8 Å². The Morgan fingerprint density at radius 1 is 0.714 bits per heavy atom. The molecule has 0 amide bonds. The van der Waals surface area contributed by atoms with Gasteiger partial charge in [0.2, 0.25) is 0 Å². The number of likely N-dealkylation sites (tertiary alicyclic amines) is 1. The lowest BCUT2D eigenvalue weighted by Crippen LogP contribution is -2.29. The molecule has 0 atom stereocenters. The zero-order chi connectivity index (χ0) is 19.0. The van der Waals surface area contributed by atoms with Crippen LogP contribution < -0.4 is 4.74 Å². The zero-order valence-electron chi connectivity index (χ0n) is 16.8. The van der Waals surface area contributed by atoms with Gasteiger partial charge in [-0.1, -0.05) is 55.0 Å². The quantitative estimate of drug-likeness (QED) is 0.434. The molecule has 0 spiro atoms. The molecule has 0 radical (unpaired) electrons. The van der Waals surface area contributed by atoms with E-state index in [2.05, 4.69) is 71.6 Å². The van der Waals surface area contributed by atoms with Gasteiger partial charge in [-0.25, -0.2) is 0 Å². The average Bonchev–Trinajstić information content (AvgIpc) is 2.75. The Balaban J connectivity index is 1.27. The number of fused-ring (bicyclic) bond motifs is 1. The van der Waals surface area contributed by atoms with Gasteiger partial charge in [0.25, 0.3) is 0 Å². The fourth-order valence-electron chi connectivity index (χ4n) is 4.10. The fraction of sp³-hybridized carbons (Fsp3) is 0.385. The number of ether oxygens (including phenoxy) is 1. The minimum absolute atomic E-state index is 0.783. The number of piperidine rings is 1. The van der Waals surface area contributed by atoms with Crippen molar-refractivity contribution in [1.29, 1.82) is 0 Å². The van der Waals surface area contributed by atoms with E-state index in [-0.39, 0.29) is 0 Å². The number of hydrogen-bond donors (Lipinski definition) is 0. The number of hydrogen-bond acceptors (Lipinski definition) is 2. The normalized spacial score (nSPS) is 15.0. The molecule has 146 valence electrons. The highest BCUT2D eigenvalue weighted by Gasteiger charge is 2.10. The van der Waals surface area contributed by atoms with E-state index in [0.717, 1.165) is 38.2 Å². The molecule has 0 bridgehead atoms. The summed E-state index contributed by atoms with van der Waals surface area (Å²) in [7, 11) is 0. The van der Waals surface area contributed by atoms with Gasteiger partial charge in [0.05, 0.1) is 6.61 Å². The van der Waals surface area contributed by atoms with Gasteiger partial charge in [0, 0.05) is 6.54 Å². The Labute approximate surface area is 169 Å². The van der Waals surface area contributed by atoms with Crippen LogP contribution in [-0.4, -0.2) is 24.6 Å². The van der Waals surface area contributed by atoms with Crippen LogP contribution in [0.1, 0.15) is 43.2 Å². The fourth-order valence-corrected chi connectivity index (χ4v) is 4.10. The molecule has 3 aromatic rings. The second kappa shape index (κ2) is 9.75. The van der Waals surface area contributed by atoms with Crippen molar-refractivity contribution in [3.63, 3.8) is 0 Å². The van der Waals surface area contributed by atoms with Crippen molar-refractivity contribution in [1.82, 2.24) is 4.90 Å². The summed E-state index contributed by atoms with van der Waals surface area (Å²) < 4.78 is 6.00. The van der Waals surface area contributed by atoms with E-state index in [0.29, 0.717) is 0 Å². The molecule has 0 unspecified atom stereocenters. The summed E-state index contributed by atoms with van der Waals surface area (Å²) in [6.07, 6.45) is 7.46. The van der Waals surface area contributed by atoms with Gasteiger partial charge in [0.1, 0.15) is 5.75 Å². The van der Waals surface area contributed by atoms with E-state index in [1.54, 1.807) is 0 Å². The van der Waals surface area contributed by atoms with Crippen molar-refractivity contribution < 1.29 is 4.74 Å². The number of benzene rings is 3. The maximum absolute atomic E-state index is 6.00. The van der Waals surface area contributed by atoms with E-state index in [4.69, 9.17) is 4.74 Å². The molecule has 2 heteroatoms. The highest BCUT2D eigenvalue weighted by atomic mass is 16.5. The van der Waals surface area contributed by atoms with E-state index >= 15 is 0 Å². The molecule has 0 N–H and O–H groups in total. The SMILES string of the molecule is c1ccc(CCCCOc2ccc3cc(CN4CCCCC4)ccc3c2)cc1. The lowest BCUT2D eigenvalue weighted by molar-refractivity contribution is 0.221. The molecular formula is C26H31NO. The number of nitrogens with zero attached hydrogens (tertiary/aromatic N) is 1. The van der Waals surface area contributed by atoms with Crippen LogP contribution in [0.3, 0.4) is 0 Å². The van der Waals surface area contributed by atoms with Crippen LogP contribution in [0.5, 0.6) is 5.75 Å². The van der Waals surface area contributed by atoms with Crippen molar-refractivity contribution in [2.45, 2.75) is 45.1 Å². The summed E-state index contributed by atoms with van der Waals surface area (Å²) in [5.41, 5.74) is 2.83. The van der Waals surface area contributed by atoms with Crippen molar-refractivity contribution in [2.24, 2.45) is 0 Å². The molecule has 2 nitrogen and oxygen atoms in total. The number of unbranched alkanes of at least 4 members (excludes halogenated alkanes) is 1. The first-order valence-electron chi connectivity index (χ1n) is 10.8. The largest absolute Gasteiger partial charge is 0.494 e. The third kappa shape index (κ3) is 5.36. The maximum Gasteiger partial charge on any atom is 0.119 e. The van der Waals surface area contributed by atoms with Crippen LogP contribution in [0.4, 0.5) is 0 Å². The van der Waals surface area contributed by atoms with Crippen LogP contribution in [0.25, 0.3) is 10.8 Å². The summed E-state index contributed by atoms with van der Waals surface area (Å²) in [5.74, 6) is 0.982. The van der Waals surface area contributed by atoms with Gasteiger partial charge in [-0.3, -0.25) is 4.90 Å². The van der Waals surface area contributed by atoms with Gasteiger partial charge in [-0.2, -0.15) is 0 Å². The molecule has 0 saturated carbocycles. The van der Waals surface area contributed by atoms with Gasteiger partial charge in [-0.15, -0.1) is 0 Å². The topological polar surface area (TPSA) is 12.5 Å². The molecule has 1 aliphatic rings. The van der Waals surface area contributed by atoms with Gasteiger partial charge in [-0.05, 0) is 85.3 Å². The van der Waals surface area contributed by atoms with Crippen molar-refractivity contribution in [3.05, 3.63) is 77.9 Å². The van der Waals surface area contributed by atoms with E-state index in [1.807, 2.05) is 0 Å². The van der Waals surface area contributed by atoms with E-state index in [1.165, 1.54) is 54.3 Å². The van der Waals surface area contributed by atoms with Crippen LogP contribution in [0.2, 0.25) is 0 Å². The Hall–Kier alpha value is -2.32. The third-order valence-electron chi connectivity index (χ3n) is 5.70. The molecule has 4 rings (SSSR count).